The number of carbonyl (C=O) groups is 2. The standard InChI is InChI=1S/C17H20ClN3O4/c1-2-21(11-10-16(23)24)15(22)5-3-4-14-19-17(20-25-14)12-6-8-13(18)9-7-12/h6-9H,2-5,10-11H2,1H3,(H,23,24). The van der Waals surface area contributed by atoms with Crippen molar-refractivity contribution in [3.8, 4) is 11.4 Å². The van der Waals surface area contributed by atoms with E-state index in [2.05, 4.69) is 10.1 Å². The maximum atomic E-state index is 12.1. The molecule has 0 aliphatic carbocycles. The number of hydrogen-bond acceptors (Lipinski definition) is 5. The highest BCUT2D eigenvalue weighted by Gasteiger charge is 2.14. The summed E-state index contributed by atoms with van der Waals surface area (Å²) in [6.07, 6.45) is 1.31. The Bertz CT molecular complexity index is 715. The van der Waals surface area contributed by atoms with Crippen molar-refractivity contribution < 1.29 is 19.2 Å². The van der Waals surface area contributed by atoms with Crippen molar-refractivity contribution in [1.82, 2.24) is 15.0 Å². The minimum atomic E-state index is -0.910. The highest BCUT2D eigenvalue weighted by atomic mass is 35.5. The van der Waals surface area contributed by atoms with Crippen LogP contribution in [0.1, 0.15) is 32.1 Å². The molecule has 0 unspecified atom stereocenters. The second kappa shape index (κ2) is 9.17. The number of amides is 1. The molecule has 1 aromatic carbocycles. The van der Waals surface area contributed by atoms with Crippen molar-refractivity contribution in [1.29, 1.82) is 0 Å². The molecule has 2 rings (SSSR count). The first-order valence-corrected chi connectivity index (χ1v) is 8.45. The molecule has 25 heavy (non-hydrogen) atoms. The molecule has 7 nitrogen and oxygen atoms in total. The number of carboxylic acid groups (broad SMARTS) is 1. The van der Waals surface area contributed by atoms with Crippen LogP contribution in [0.4, 0.5) is 0 Å². The molecule has 0 fully saturated rings. The van der Waals surface area contributed by atoms with Crippen molar-refractivity contribution in [2.24, 2.45) is 0 Å². The Morgan fingerprint density at radius 1 is 1.24 bits per heavy atom. The minimum absolute atomic E-state index is 0.0479. The van der Waals surface area contributed by atoms with Crippen LogP contribution in [0.15, 0.2) is 28.8 Å². The van der Waals surface area contributed by atoms with Crippen LogP contribution in [0.5, 0.6) is 0 Å². The van der Waals surface area contributed by atoms with E-state index in [1.807, 2.05) is 19.1 Å². The number of benzene rings is 1. The molecule has 1 N–H and O–H groups in total. The fourth-order valence-electron chi connectivity index (χ4n) is 2.31. The van der Waals surface area contributed by atoms with E-state index in [0.717, 1.165) is 5.56 Å². The molecule has 1 amide bonds. The fraction of sp³-hybridized carbons (Fsp3) is 0.412. The summed E-state index contributed by atoms with van der Waals surface area (Å²) in [6, 6.07) is 7.12. The van der Waals surface area contributed by atoms with E-state index in [4.69, 9.17) is 21.2 Å². The molecule has 134 valence electrons. The van der Waals surface area contributed by atoms with Gasteiger partial charge in [0.05, 0.1) is 6.42 Å². The third-order valence-electron chi connectivity index (χ3n) is 3.68. The SMILES string of the molecule is CCN(CCC(=O)O)C(=O)CCCc1nc(-c2ccc(Cl)cc2)no1. The molecule has 0 saturated carbocycles. The molecule has 0 saturated heterocycles. The summed E-state index contributed by atoms with van der Waals surface area (Å²) in [5.74, 6) is -0.0333. The Morgan fingerprint density at radius 3 is 2.60 bits per heavy atom. The zero-order chi connectivity index (χ0) is 18.2. The van der Waals surface area contributed by atoms with Crippen LogP contribution >= 0.6 is 11.6 Å². The van der Waals surface area contributed by atoms with Crippen LogP contribution in [-0.2, 0) is 16.0 Å². The molecule has 8 heteroatoms. The highest BCUT2D eigenvalue weighted by molar-refractivity contribution is 6.30. The number of carbonyl (C=O) groups excluding carboxylic acids is 1. The summed E-state index contributed by atoms with van der Waals surface area (Å²) in [7, 11) is 0. The number of aromatic nitrogens is 2. The average molecular weight is 366 g/mol. The first kappa shape index (κ1) is 18.9. The van der Waals surface area contributed by atoms with Gasteiger partial charge in [0.15, 0.2) is 0 Å². The number of rotatable bonds is 9. The van der Waals surface area contributed by atoms with Crippen molar-refractivity contribution in [2.75, 3.05) is 13.1 Å². The number of nitrogens with zero attached hydrogens (tertiary/aromatic N) is 3. The number of carboxylic acids is 1. The van der Waals surface area contributed by atoms with Crippen LogP contribution in [-0.4, -0.2) is 45.1 Å². The van der Waals surface area contributed by atoms with E-state index in [9.17, 15) is 9.59 Å². The predicted octanol–water partition coefficient (Wildman–Crippen LogP) is 3.04. The molecule has 0 aliphatic rings. The average Bonchev–Trinajstić information content (AvgIpc) is 3.04. The molecule has 1 aromatic heterocycles. The van der Waals surface area contributed by atoms with Crippen molar-refractivity contribution in [3.05, 3.63) is 35.2 Å². The molecular weight excluding hydrogens is 346 g/mol. The van der Waals surface area contributed by atoms with Gasteiger partial charge in [0, 0.05) is 36.5 Å². The van der Waals surface area contributed by atoms with Crippen molar-refractivity contribution in [2.45, 2.75) is 32.6 Å². The summed E-state index contributed by atoms with van der Waals surface area (Å²) >= 11 is 5.85. The molecule has 0 bridgehead atoms. The lowest BCUT2D eigenvalue weighted by molar-refractivity contribution is -0.138. The molecule has 0 atom stereocenters. The maximum absolute atomic E-state index is 12.1. The van der Waals surface area contributed by atoms with Gasteiger partial charge in [-0.3, -0.25) is 9.59 Å². The van der Waals surface area contributed by atoms with E-state index in [0.29, 0.717) is 42.5 Å². The van der Waals surface area contributed by atoms with Crippen LogP contribution in [0.3, 0.4) is 0 Å². The number of aryl methyl sites for hydroxylation is 1. The zero-order valence-electron chi connectivity index (χ0n) is 13.9. The van der Waals surface area contributed by atoms with Gasteiger partial charge in [0.2, 0.25) is 17.6 Å². The lowest BCUT2D eigenvalue weighted by atomic mass is 10.2. The van der Waals surface area contributed by atoms with Crippen LogP contribution in [0.25, 0.3) is 11.4 Å². The molecule has 1 heterocycles. The van der Waals surface area contributed by atoms with E-state index in [1.165, 1.54) is 0 Å². The van der Waals surface area contributed by atoms with Gasteiger partial charge in [-0.25, -0.2) is 0 Å². The van der Waals surface area contributed by atoms with Gasteiger partial charge in [0.1, 0.15) is 0 Å². The number of halogens is 1. The first-order valence-electron chi connectivity index (χ1n) is 8.07. The van der Waals surface area contributed by atoms with Gasteiger partial charge in [-0.15, -0.1) is 0 Å². The first-order chi connectivity index (χ1) is 12.0. The number of hydrogen-bond donors (Lipinski definition) is 1. The second-order valence-corrected chi connectivity index (χ2v) is 5.93. The second-order valence-electron chi connectivity index (χ2n) is 5.49. The Hall–Kier alpha value is -2.41. The Balaban J connectivity index is 1.82. The topological polar surface area (TPSA) is 96.5 Å². The Morgan fingerprint density at radius 2 is 1.96 bits per heavy atom. The van der Waals surface area contributed by atoms with Gasteiger partial charge in [-0.2, -0.15) is 4.98 Å². The summed E-state index contributed by atoms with van der Waals surface area (Å²) in [4.78, 5) is 28.5. The summed E-state index contributed by atoms with van der Waals surface area (Å²) in [6.45, 7) is 2.55. The summed E-state index contributed by atoms with van der Waals surface area (Å²) < 4.78 is 5.20. The van der Waals surface area contributed by atoms with Gasteiger partial charge in [0.25, 0.3) is 0 Å². The predicted molar refractivity (Wildman–Crippen MR) is 92.2 cm³/mol. The molecule has 0 aliphatic heterocycles. The monoisotopic (exact) mass is 365 g/mol. The molecule has 0 radical (unpaired) electrons. The summed E-state index contributed by atoms with van der Waals surface area (Å²) in [5, 5.41) is 13.3. The minimum Gasteiger partial charge on any atom is -0.481 e. The quantitative estimate of drug-likeness (QED) is 0.733. The lowest BCUT2D eigenvalue weighted by Gasteiger charge is -2.19. The van der Waals surface area contributed by atoms with E-state index in [-0.39, 0.29) is 18.9 Å². The third-order valence-corrected chi connectivity index (χ3v) is 3.93. The lowest BCUT2D eigenvalue weighted by Crippen LogP contribution is -2.32. The molecule has 2 aromatic rings. The largest absolute Gasteiger partial charge is 0.481 e. The maximum Gasteiger partial charge on any atom is 0.305 e. The normalized spacial score (nSPS) is 10.6. The molecule has 0 spiro atoms. The zero-order valence-corrected chi connectivity index (χ0v) is 14.7. The van der Waals surface area contributed by atoms with Crippen LogP contribution in [0, 0.1) is 0 Å². The van der Waals surface area contributed by atoms with Crippen LogP contribution < -0.4 is 0 Å². The van der Waals surface area contributed by atoms with Gasteiger partial charge >= 0.3 is 5.97 Å². The van der Waals surface area contributed by atoms with Crippen molar-refractivity contribution >= 4 is 23.5 Å². The Labute approximate surface area is 150 Å². The number of aliphatic carboxylic acids is 1. The van der Waals surface area contributed by atoms with E-state index in [1.54, 1.807) is 17.0 Å². The van der Waals surface area contributed by atoms with E-state index >= 15 is 0 Å². The van der Waals surface area contributed by atoms with Gasteiger partial charge in [-0.1, -0.05) is 16.8 Å². The fourth-order valence-corrected chi connectivity index (χ4v) is 2.44. The van der Waals surface area contributed by atoms with Gasteiger partial charge < -0.3 is 14.5 Å². The van der Waals surface area contributed by atoms with Crippen molar-refractivity contribution in [3.63, 3.8) is 0 Å². The van der Waals surface area contributed by atoms with E-state index < -0.39 is 5.97 Å². The highest BCUT2D eigenvalue weighted by Crippen LogP contribution is 2.19. The summed E-state index contributed by atoms with van der Waals surface area (Å²) in [5.41, 5.74) is 0.807. The van der Waals surface area contributed by atoms with Crippen LogP contribution in [0.2, 0.25) is 5.02 Å². The Kier molecular flexibility index (Phi) is 6.94. The van der Waals surface area contributed by atoms with Gasteiger partial charge in [-0.05, 0) is 37.6 Å². The smallest absolute Gasteiger partial charge is 0.305 e. The third kappa shape index (κ3) is 5.86. The molecular formula is C17H20ClN3O4.